The van der Waals surface area contributed by atoms with Crippen LogP contribution in [0.3, 0.4) is 0 Å². The van der Waals surface area contributed by atoms with Gasteiger partial charge in [-0.25, -0.2) is 14.0 Å². The fourth-order valence-corrected chi connectivity index (χ4v) is 3.72. The summed E-state index contributed by atoms with van der Waals surface area (Å²) in [5.74, 6) is -1.85. The number of alkyl halides is 3. The summed E-state index contributed by atoms with van der Waals surface area (Å²) in [7, 11) is 0. The highest BCUT2D eigenvalue weighted by Crippen LogP contribution is 2.34. The third kappa shape index (κ3) is 5.37. The zero-order valence-electron chi connectivity index (χ0n) is 16.8. The summed E-state index contributed by atoms with van der Waals surface area (Å²) in [5.41, 5.74) is 2.73. The van der Waals surface area contributed by atoms with E-state index in [2.05, 4.69) is 25.3 Å². The normalized spacial score (nSPS) is 16.6. The second-order valence-electron chi connectivity index (χ2n) is 7.02. The highest BCUT2D eigenvalue weighted by molar-refractivity contribution is 7.99. The van der Waals surface area contributed by atoms with Crippen molar-refractivity contribution in [1.82, 2.24) is 20.5 Å². The summed E-state index contributed by atoms with van der Waals surface area (Å²) in [6.07, 6.45) is -4.88. The molecule has 4 N–H and O–H groups in total. The highest BCUT2D eigenvalue weighted by atomic mass is 32.2. The first-order valence-corrected chi connectivity index (χ1v) is 10.4. The van der Waals surface area contributed by atoms with E-state index in [9.17, 15) is 27.5 Å². The van der Waals surface area contributed by atoms with Crippen molar-refractivity contribution < 1.29 is 32.1 Å². The Labute approximate surface area is 184 Å². The largest absolute Gasteiger partial charge is 0.419 e. The summed E-state index contributed by atoms with van der Waals surface area (Å²) in [6, 6.07) is 2.21. The van der Waals surface area contributed by atoms with Crippen molar-refractivity contribution in [2.75, 3.05) is 31.9 Å². The lowest BCUT2D eigenvalue weighted by molar-refractivity contribution is -0.158. The molecule has 9 nitrogen and oxygen atoms in total. The fraction of sp³-hybridized carbons (Fsp3) is 0.444. The van der Waals surface area contributed by atoms with Gasteiger partial charge in [0.2, 0.25) is 0 Å². The van der Waals surface area contributed by atoms with Crippen molar-refractivity contribution in [3.63, 3.8) is 0 Å². The van der Waals surface area contributed by atoms with Crippen molar-refractivity contribution in [2.24, 2.45) is 10.7 Å². The number of nitrogens with one attached hydrogen (secondary N) is 1. The predicted molar refractivity (Wildman–Crippen MR) is 107 cm³/mol. The number of aliphatic imine (C=N–C) groups is 1. The number of amidine groups is 1. The SMILES string of the molecule is CCN1CC(O)(C(=O)NCCSc2nonc2C(N)=Nc2ccc(F)c(C(F)(F)F)c2)C1. The number of β-amino-alcohol motifs (C(OH)–C–C–N with tert-alkyl or cyclic N) is 1. The fourth-order valence-electron chi connectivity index (χ4n) is 2.96. The van der Waals surface area contributed by atoms with E-state index in [1.165, 1.54) is 0 Å². The van der Waals surface area contributed by atoms with Crippen molar-refractivity contribution >= 4 is 29.2 Å². The first-order valence-electron chi connectivity index (χ1n) is 9.43. The number of nitrogens with zero attached hydrogens (tertiary/aromatic N) is 4. The summed E-state index contributed by atoms with van der Waals surface area (Å²) < 4.78 is 56.6. The number of hydrogen-bond donors (Lipinski definition) is 3. The van der Waals surface area contributed by atoms with Crippen LogP contribution < -0.4 is 11.1 Å². The maximum absolute atomic E-state index is 13.4. The molecule has 32 heavy (non-hydrogen) atoms. The lowest BCUT2D eigenvalue weighted by atomic mass is 9.93. The molecule has 0 atom stereocenters. The molecule has 0 bridgehead atoms. The zero-order valence-corrected chi connectivity index (χ0v) is 17.6. The van der Waals surface area contributed by atoms with Crippen molar-refractivity contribution in [1.29, 1.82) is 0 Å². The molecule has 0 spiro atoms. The van der Waals surface area contributed by atoms with Crippen LogP contribution >= 0.6 is 11.8 Å². The number of likely N-dealkylation sites (N-methyl/N-ethyl adjacent to an activating group) is 1. The number of carbonyl (C=O) groups excluding carboxylic acids is 1. The molecule has 0 radical (unpaired) electrons. The van der Waals surface area contributed by atoms with Crippen LogP contribution in [0.4, 0.5) is 23.2 Å². The Morgan fingerprint density at radius 2 is 2.12 bits per heavy atom. The molecule has 1 saturated heterocycles. The van der Waals surface area contributed by atoms with Crippen LogP contribution in [-0.4, -0.2) is 69.6 Å². The van der Waals surface area contributed by atoms with E-state index in [0.29, 0.717) is 17.9 Å². The van der Waals surface area contributed by atoms with Crippen molar-refractivity contribution in [3.05, 3.63) is 35.3 Å². The molecular weight excluding hydrogens is 456 g/mol. The molecule has 1 aromatic carbocycles. The van der Waals surface area contributed by atoms with E-state index < -0.39 is 29.1 Å². The molecule has 14 heteroatoms. The van der Waals surface area contributed by atoms with E-state index in [0.717, 1.165) is 24.4 Å². The molecule has 2 aromatic rings. The van der Waals surface area contributed by atoms with Gasteiger partial charge in [-0.2, -0.15) is 13.2 Å². The van der Waals surface area contributed by atoms with Crippen LogP contribution in [0.2, 0.25) is 0 Å². The van der Waals surface area contributed by atoms with Gasteiger partial charge in [0.1, 0.15) is 5.82 Å². The molecular formula is C18H20F4N6O3S. The number of benzene rings is 1. The standard InChI is InChI=1S/C18H20F4N6O3S/c1-2-28-8-17(30,9-28)16(29)24-5-6-32-15-13(26-31-27-15)14(23)25-10-3-4-12(19)11(7-10)18(20,21)22/h3-4,7,30H,2,5-6,8-9H2,1H3,(H2,23,25)(H,24,29). The molecule has 1 aliphatic rings. The highest BCUT2D eigenvalue weighted by Gasteiger charge is 2.46. The topological polar surface area (TPSA) is 130 Å². The lowest BCUT2D eigenvalue weighted by Gasteiger charge is -2.44. The minimum absolute atomic E-state index is 0.00424. The van der Waals surface area contributed by atoms with Crippen LogP contribution in [0, 0.1) is 5.82 Å². The average molecular weight is 476 g/mol. The van der Waals surface area contributed by atoms with Gasteiger partial charge in [-0.05, 0) is 35.1 Å². The number of aromatic nitrogens is 2. The summed E-state index contributed by atoms with van der Waals surface area (Å²) in [6.45, 7) is 3.41. The number of thioether (sulfide) groups is 1. The number of amides is 1. The number of aliphatic hydroxyl groups is 1. The number of carbonyl (C=O) groups is 1. The quantitative estimate of drug-likeness (QED) is 0.172. The molecule has 0 unspecified atom stereocenters. The number of nitrogens with two attached hydrogens (primary N) is 1. The number of rotatable bonds is 8. The Kier molecular flexibility index (Phi) is 7.05. The molecule has 1 fully saturated rings. The van der Waals surface area contributed by atoms with Crippen LogP contribution in [0.25, 0.3) is 0 Å². The van der Waals surface area contributed by atoms with E-state index in [4.69, 9.17) is 5.73 Å². The maximum Gasteiger partial charge on any atom is 0.419 e. The first kappa shape index (κ1) is 23.9. The monoisotopic (exact) mass is 476 g/mol. The molecule has 0 aliphatic carbocycles. The third-order valence-corrected chi connectivity index (χ3v) is 5.62. The molecule has 1 aliphatic heterocycles. The molecule has 3 rings (SSSR count). The Morgan fingerprint density at radius 3 is 2.78 bits per heavy atom. The molecule has 174 valence electrons. The van der Waals surface area contributed by atoms with Gasteiger partial charge < -0.3 is 16.2 Å². The average Bonchev–Trinajstić information content (AvgIpc) is 3.17. The molecule has 0 saturated carbocycles. The van der Waals surface area contributed by atoms with Crippen LogP contribution in [0.5, 0.6) is 0 Å². The van der Waals surface area contributed by atoms with Gasteiger partial charge in [-0.3, -0.25) is 9.69 Å². The van der Waals surface area contributed by atoms with E-state index in [1.807, 2.05) is 11.8 Å². The van der Waals surface area contributed by atoms with Gasteiger partial charge in [0, 0.05) is 25.4 Å². The molecule has 1 amide bonds. The second kappa shape index (κ2) is 9.42. The van der Waals surface area contributed by atoms with Crippen molar-refractivity contribution in [2.45, 2.75) is 23.7 Å². The number of halogens is 4. The smallest absolute Gasteiger partial charge is 0.382 e. The van der Waals surface area contributed by atoms with Gasteiger partial charge >= 0.3 is 6.18 Å². The van der Waals surface area contributed by atoms with Gasteiger partial charge in [0.25, 0.3) is 5.91 Å². The Balaban J connectivity index is 1.59. The van der Waals surface area contributed by atoms with Crippen LogP contribution in [-0.2, 0) is 11.0 Å². The summed E-state index contributed by atoms with van der Waals surface area (Å²) in [4.78, 5) is 17.8. The van der Waals surface area contributed by atoms with E-state index in [-0.39, 0.29) is 41.9 Å². The van der Waals surface area contributed by atoms with E-state index >= 15 is 0 Å². The summed E-state index contributed by atoms with van der Waals surface area (Å²) >= 11 is 1.11. The first-order chi connectivity index (χ1) is 15.0. The number of likely N-dealkylation sites (tertiary alicyclic amines) is 1. The Hall–Kier alpha value is -2.71. The Bertz CT molecular complexity index is 1010. The predicted octanol–water partition coefficient (Wildman–Crippen LogP) is 1.54. The number of hydrogen-bond acceptors (Lipinski definition) is 8. The van der Waals surface area contributed by atoms with Gasteiger partial charge in [0.05, 0.1) is 11.3 Å². The van der Waals surface area contributed by atoms with Gasteiger partial charge in [-0.15, -0.1) is 0 Å². The zero-order chi connectivity index (χ0) is 23.5. The van der Waals surface area contributed by atoms with Gasteiger partial charge in [-0.1, -0.05) is 18.7 Å². The molecule has 1 aromatic heterocycles. The van der Waals surface area contributed by atoms with Crippen LogP contribution in [0.1, 0.15) is 18.2 Å². The maximum atomic E-state index is 13.4. The third-order valence-electron chi connectivity index (χ3n) is 4.67. The minimum atomic E-state index is -4.88. The lowest BCUT2D eigenvalue weighted by Crippen LogP contribution is -2.68. The summed E-state index contributed by atoms with van der Waals surface area (Å²) in [5, 5.41) is 20.3. The van der Waals surface area contributed by atoms with Crippen LogP contribution in [0.15, 0.2) is 32.8 Å². The minimum Gasteiger partial charge on any atom is -0.382 e. The van der Waals surface area contributed by atoms with E-state index in [1.54, 1.807) is 0 Å². The second-order valence-corrected chi connectivity index (χ2v) is 8.10. The molecule has 2 heterocycles. The van der Waals surface area contributed by atoms with Crippen molar-refractivity contribution in [3.8, 4) is 0 Å². The van der Waals surface area contributed by atoms with Gasteiger partial charge in [0.15, 0.2) is 22.2 Å². The Morgan fingerprint density at radius 1 is 1.41 bits per heavy atom.